The smallest absolute Gasteiger partial charge is 0.214 e. The van der Waals surface area contributed by atoms with E-state index >= 15 is 0 Å². The van der Waals surface area contributed by atoms with Crippen LogP contribution in [0.15, 0.2) is 76.4 Å². The average Bonchev–Trinajstić information content (AvgIpc) is 3.36. The van der Waals surface area contributed by atoms with E-state index < -0.39 is 0 Å². The van der Waals surface area contributed by atoms with Crippen molar-refractivity contribution in [2.24, 2.45) is 0 Å². The van der Waals surface area contributed by atoms with Gasteiger partial charge in [0.1, 0.15) is 12.4 Å². The molecule has 1 heterocycles. The molecule has 0 saturated carbocycles. The summed E-state index contributed by atoms with van der Waals surface area (Å²) in [5.41, 5.74) is 2.91. The van der Waals surface area contributed by atoms with Crippen LogP contribution in [0, 0.1) is 5.82 Å². The van der Waals surface area contributed by atoms with E-state index in [2.05, 4.69) is 36.8 Å². The molecule has 0 aliphatic carbocycles. The van der Waals surface area contributed by atoms with Gasteiger partial charge in [0.25, 0.3) is 0 Å². The van der Waals surface area contributed by atoms with Crippen LogP contribution in [-0.2, 0) is 13.2 Å². The minimum Gasteiger partial charge on any atom is -0.490 e. The zero-order valence-corrected chi connectivity index (χ0v) is 23.5. The van der Waals surface area contributed by atoms with Crippen molar-refractivity contribution in [1.29, 1.82) is 0 Å². The molecule has 0 radical (unpaired) electrons. The molecule has 196 valence electrons. The Morgan fingerprint density at radius 2 is 1.81 bits per heavy atom. The van der Waals surface area contributed by atoms with Crippen molar-refractivity contribution in [2.45, 2.75) is 31.7 Å². The fraction of sp³-hybridized carbons (Fsp3) is 0.269. The molecule has 0 saturated heterocycles. The third kappa shape index (κ3) is 8.43. The summed E-state index contributed by atoms with van der Waals surface area (Å²) in [5, 5.41) is 16.3. The quantitative estimate of drug-likeness (QED) is 0.142. The number of tetrazole rings is 1. The predicted molar refractivity (Wildman–Crippen MR) is 149 cm³/mol. The number of benzene rings is 3. The van der Waals surface area contributed by atoms with Crippen LogP contribution in [-0.4, -0.2) is 39.1 Å². The molecule has 4 rings (SSSR count). The molecule has 0 unspecified atom stereocenters. The molecule has 0 amide bonds. The summed E-state index contributed by atoms with van der Waals surface area (Å²) in [6.45, 7) is 4.33. The van der Waals surface area contributed by atoms with Crippen molar-refractivity contribution >= 4 is 40.1 Å². The standard InChI is InChI=1S/C26H27BrFN5O2S.ClH/c1-2-34-24-16-20(15-23(27)25(24)35-18-19-9-11-21(28)12-10-19)17-29-13-6-14-36-26-30-31-32-33(26)22-7-4-3-5-8-22;/h3-5,7-12,15-16,29H,2,6,13-14,17-18H2,1H3;1H. The molecule has 0 fully saturated rings. The van der Waals surface area contributed by atoms with E-state index in [1.54, 1.807) is 28.6 Å². The second-order valence-corrected chi connectivity index (χ2v) is 9.76. The van der Waals surface area contributed by atoms with Gasteiger partial charge in [0, 0.05) is 12.3 Å². The second-order valence-electron chi connectivity index (χ2n) is 7.84. The number of nitrogens with zero attached hydrogens (tertiary/aromatic N) is 4. The number of para-hydroxylation sites is 1. The number of rotatable bonds is 13. The Labute approximate surface area is 234 Å². The first-order chi connectivity index (χ1) is 17.6. The van der Waals surface area contributed by atoms with Crippen molar-refractivity contribution < 1.29 is 13.9 Å². The van der Waals surface area contributed by atoms with Crippen molar-refractivity contribution in [3.8, 4) is 17.2 Å². The average molecular weight is 609 g/mol. The molecule has 1 aromatic heterocycles. The van der Waals surface area contributed by atoms with Crippen molar-refractivity contribution in [3.63, 3.8) is 0 Å². The highest BCUT2D eigenvalue weighted by atomic mass is 79.9. The lowest BCUT2D eigenvalue weighted by atomic mass is 10.2. The molecule has 0 spiro atoms. The van der Waals surface area contributed by atoms with Crippen LogP contribution in [0.25, 0.3) is 5.69 Å². The van der Waals surface area contributed by atoms with E-state index in [1.807, 2.05) is 49.4 Å². The molecule has 0 bridgehead atoms. The Balaban J connectivity index is 0.00000380. The van der Waals surface area contributed by atoms with Crippen LogP contribution in [0.5, 0.6) is 11.5 Å². The lowest BCUT2D eigenvalue weighted by molar-refractivity contribution is 0.267. The first-order valence-electron chi connectivity index (χ1n) is 11.6. The molecule has 7 nitrogen and oxygen atoms in total. The summed E-state index contributed by atoms with van der Waals surface area (Å²) in [5.74, 6) is 1.94. The number of halogens is 3. The van der Waals surface area contributed by atoms with E-state index in [0.717, 1.165) is 45.2 Å². The van der Waals surface area contributed by atoms with Gasteiger partial charge in [0.15, 0.2) is 11.5 Å². The number of ether oxygens (including phenoxy) is 2. The Kier molecular flexibility index (Phi) is 11.7. The van der Waals surface area contributed by atoms with E-state index in [0.29, 0.717) is 31.3 Å². The number of nitrogens with one attached hydrogen (secondary N) is 1. The topological polar surface area (TPSA) is 74.1 Å². The SMILES string of the molecule is CCOc1cc(CNCCCSc2nnnn2-c2ccccc2)cc(Br)c1OCc1ccc(F)cc1.Cl. The summed E-state index contributed by atoms with van der Waals surface area (Å²) >= 11 is 5.25. The van der Waals surface area contributed by atoms with Crippen molar-refractivity contribution in [1.82, 2.24) is 25.5 Å². The van der Waals surface area contributed by atoms with Crippen LogP contribution in [0.3, 0.4) is 0 Å². The maximum atomic E-state index is 13.2. The summed E-state index contributed by atoms with van der Waals surface area (Å²) in [4.78, 5) is 0. The molecule has 0 aliphatic heterocycles. The van der Waals surface area contributed by atoms with E-state index in [4.69, 9.17) is 9.47 Å². The fourth-order valence-electron chi connectivity index (χ4n) is 3.46. The number of aromatic nitrogens is 4. The van der Waals surface area contributed by atoms with Crippen molar-refractivity contribution in [2.75, 3.05) is 18.9 Å². The highest BCUT2D eigenvalue weighted by Gasteiger charge is 2.13. The monoisotopic (exact) mass is 607 g/mol. The largest absolute Gasteiger partial charge is 0.490 e. The van der Waals surface area contributed by atoms with Gasteiger partial charge in [-0.15, -0.1) is 17.5 Å². The number of hydrogen-bond donors (Lipinski definition) is 1. The first kappa shape index (κ1) is 28.9. The molecular formula is C26H28BrClFN5O2S. The van der Waals surface area contributed by atoms with Crippen molar-refractivity contribution in [3.05, 3.63) is 88.1 Å². The maximum Gasteiger partial charge on any atom is 0.214 e. The van der Waals surface area contributed by atoms with Crippen LogP contribution in [0.1, 0.15) is 24.5 Å². The van der Waals surface area contributed by atoms with Gasteiger partial charge in [-0.25, -0.2) is 4.39 Å². The zero-order valence-electron chi connectivity index (χ0n) is 20.3. The summed E-state index contributed by atoms with van der Waals surface area (Å²) in [6.07, 6.45) is 0.963. The van der Waals surface area contributed by atoms with Crippen LogP contribution < -0.4 is 14.8 Å². The van der Waals surface area contributed by atoms with Gasteiger partial charge in [-0.3, -0.25) is 0 Å². The van der Waals surface area contributed by atoms with Gasteiger partial charge in [0.2, 0.25) is 5.16 Å². The highest BCUT2D eigenvalue weighted by molar-refractivity contribution is 9.10. The van der Waals surface area contributed by atoms with Crippen LogP contribution >= 0.6 is 40.1 Å². The fourth-order valence-corrected chi connectivity index (χ4v) is 4.89. The van der Waals surface area contributed by atoms with Gasteiger partial charge < -0.3 is 14.8 Å². The van der Waals surface area contributed by atoms with Gasteiger partial charge >= 0.3 is 0 Å². The van der Waals surface area contributed by atoms with E-state index in [9.17, 15) is 4.39 Å². The molecular weight excluding hydrogens is 581 g/mol. The van der Waals surface area contributed by atoms with Gasteiger partial charge in [-0.05, 0) is 93.8 Å². The molecule has 0 aliphatic rings. The Morgan fingerprint density at radius 1 is 1.03 bits per heavy atom. The lowest BCUT2D eigenvalue weighted by Crippen LogP contribution is -2.15. The molecule has 4 aromatic rings. The Bertz CT molecular complexity index is 1250. The maximum absolute atomic E-state index is 13.2. The molecule has 37 heavy (non-hydrogen) atoms. The van der Waals surface area contributed by atoms with Crippen LogP contribution in [0.2, 0.25) is 0 Å². The zero-order chi connectivity index (χ0) is 25.2. The number of hydrogen-bond acceptors (Lipinski definition) is 7. The summed E-state index contributed by atoms with van der Waals surface area (Å²) in [7, 11) is 0. The summed E-state index contributed by atoms with van der Waals surface area (Å²) in [6, 6.07) is 20.2. The van der Waals surface area contributed by atoms with Gasteiger partial charge in [0.05, 0.1) is 16.8 Å². The Morgan fingerprint density at radius 3 is 2.57 bits per heavy atom. The second kappa shape index (κ2) is 14.9. The minimum atomic E-state index is -0.266. The minimum absolute atomic E-state index is 0. The molecule has 0 atom stereocenters. The van der Waals surface area contributed by atoms with Gasteiger partial charge in [-0.1, -0.05) is 42.1 Å². The normalized spacial score (nSPS) is 10.7. The third-order valence-electron chi connectivity index (χ3n) is 5.17. The van der Waals surface area contributed by atoms with E-state index in [-0.39, 0.29) is 18.2 Å². The highest BCUT2D eigenvalue weighted by Crippen LogP contribution is 2.37. The Hall–Kier alpha value is -2.66. The third-order valence-corrected chi connectivity index (χ3v) is 6.76. The number of thioether (sulfide) groups is 1. The van der Waals surface area contributed by atoms with Gasteiger partial charge in [-0.2, -0.15) is 4.68 Å². The predicted octanol–water partition coefficient (Wildman–Crippen LogP) is 6.24. The van der Waals surface area contributed by atoms with Crippen LogP contribution in [0.4, 0.5) is 4.39 Å². The lowest BCUT2D eigenvalue weighted by Gasteiger charge is -2.16. The van der Waals surface area contributed by atoms with E-state index in [1.165, 1.54) is 12.1 Å². The molecule has 1 N–H and O–H groups in total. The summed E-state index contributed by atoms with van der Waals surface area (Å²) < 4.78 is 27.6. The molecule has 11 heteroatoms. The molecule has 3 aromatic carbocycles. The first-order valence-corrected chi connectivity index (χ1v) is 13.4.